The Labute approximate surface area is 321 Å². The van der Waals surface area contributed by atoms with Crippen molar-refractivity contribution >= 4 is 52.4 Å². The molecule has 2 aliphatic rings. The number of piperidine rings is 1. The third-order valence-corrected chi connectivity index (χ3v) is 10.9. The Morgan fingerprint density at radius 3 is 2.33 bits per heavy atom. The van der Waals surface area contributed by atoms with Crippen molar-refractivity contribution < 1.29 is 28.7 Å². The maximum absolute atomic E-state index is 13.2. The molecule has 4 amide bonds. The van der Waals surface area contributed by atoms with Crippen molar-refractivity contribution in [2.75, 3.05) is 46.2 Å². The number of ether oxygens (including phenoxy) is 2. The fourth-order valence-electron chi connectivity index (χ4n) is 7.76. The van der Waals surface area contributed by atoms with Crippen molar-refractivity contribution in [2.45, 2.75) is 58.2 Å². The monoisotopic (exact) mass is 750 g/mol. The van der Waals surface area contributed by atoms with Crippen molar-refractivity contribution in [2.24, 2.45) is 16.8 Å². The summed E-state index contributed by atoms with van der Waals surface area (Å²) in [5.41, 5.74) is 5.62. The highest BCUT2D eigenvalue weighted by atomic mass is 16.5. The second-order valence-corrected chi connectivity index (χ2v) is 14.4. The molecule has 55 heavy (non-hydrogen) atoms. The molecule has 14 nitrogen and oxygen atoms in total. The van der Waals surface area contributed by atoms with Crippen molar-refractivity contribution in [3.8, 4) is 22.4 Å². The number of methoxy groups -OCH3 is 2. The summed E-state index contributed by atoms with van der Waals surface area (Å²) in [5, 5.41) is 10.4. The Balaban J connectivity index is 1.15. The van der Waals surface area contributed by atoms with Crippen LogP contribution in [0, 0.1) is 11.8 Å². The van der Waals surface area contributed by atoms with E-state index in [-0.39, 0.29) is 55.5 Å². The van der Waals surface area contributed by atoms with Crippen molar-refractivity contribution in [3.05, 3.63) is 66.6 Å². The molecule has 0 radical (unpaired) electrons. The molecule has 1 saturated carbocycles. The normalized spacial score (nSPS) is 18.1. The zero-order valence-corrected chi connectivity index (χ0v) is 32.2. The van der Waals surface area contributed by atoms with Crippen LogP contribution in [0.1, 0.15) is 51.9 Å². The highest BCUT2D eigenvalue weighted by Crippen LogP contribution is 2.49. The van der Waals surface area contributed by atoms with Crippen LogP contribution in [0.25, 0.3) is 33.2 Å². The lowest BCUT2D eigenvalue weighted by Crippen LogP contribution is -2.47. The SMILES string of the molecule is CNc1c(N=CCN(C(=O)CNC(=O)OC)[C@H](C)C(C)C)ccc2cc(-c3ccc(-c4cnc([C@@H]5[C@H]6CC[C@H](C6)N5C(=O)CNC(=O)OC)[nH]4)cc3)ccc12. The Kier molecular flexibility index (Phi) is 12.0. The van der Waals surface area contributed by atoms with Gasteiger partial charge in [0.25, 0.3) is 0 Å². The number of aromatic nitrogens is 2. The van der Waals surface area contributed by atoms with Crippen LogP contribution in [0.4, 0.5) is 21.0 Å². The van der Waals surface area contributed by atoms with Gasteiger partial charge in [-0.1, -0.05) is 56.3 Å². The first-order valence-corrected chi connectivity index (χ1v) is 18.7. The van der Waals surface area contributed by atoms with Crippen LogP contribution in [-0.2, 0) is 19.1 Å². The van der Waals surface area contributed by atoms with Gasteiger partial charge in [-0.3, -0.25) is 14.6 Å². The topological polar surface area (TPSA) is 170 Å². The van der Waals surface area contributed by atoms with E-state index in [0.717, 1.165) is 69.6 Å². The van der Waals surface area contributed by atoms with E-state index in [4.69, 9.17) is 9.98 Å². The number of likely N-dealkylation sites (tertiary alicyclic amines) is 1. The summed E-state index contributed by atoms with van der Waals surface area (Å²) in [4.78, 5) is 65.9. The van der Waals surface area contributed by atoms with Gasteiger partial charge in [0.15, 0.2) is 0 Å². The standard InChI is InChI=1S/C41H50N8O6/c1-24(2)25(3)48(35(50)22-45-40(52)54-5)18-17-43-33-16-13-29-19-28(12-15-32(29)37(33)42-4)26-7-9-27(10-8-26)34-21-44-39(47-34)38-30-11-14-31(20-30)49(38)36(51)23-46-41(53)55-6/h7-10,12-13,15-17,19,21,24-25,30-31,38,42H,11,14,18,20,22-23H2,1-6H3,(H,44,47)(H,45,52)(H,46,53)/t25-,30+,31-,38+/m1/s1. The molecule has 290 valence electrons. The molecule has 4 atom stereocenters. The van der Waals surface area contributed by atoms with Crippen LogP contribution in [0.15, 0.2) is 65.8 Å². The summed E-state index contributed by atoms with van der Waals surface area (Å²) in [6.45, 7) is 6.09. The van der Waals surface area contributed by atoms with Crippen molar-refractivity contribution in [3.63, 3.8) is 0 Å². The predicted molar refractivity (Wildman–Crippen MR) is 212 cm³/mol. The Morgan fingerprint density at radius 1 is 0.945 bits per heavy atom. The zero-order valence-electron chi connectivity index (χ0n) is 32.2. The number of alkyl carbamates (subject to hydrolysis) is 2. The molecule has 1 aliphatic heterocycles. The fraction of sp³-hybridized carbons (Fsp3) is 0.415. The number of nitrogens with one attached hydrogen (secondary N) is 4. The molecule has 6 rings (SSSR count). The first-order valence-electron chi connectivity index (χ1n) is 18.7. The molecule has 2 bridgehead atoms. The summed E-state index contributed by atoms with van der Waals surface area (Å²) in [5.74, 6) is 0.948. The number of fused-ring (bicyclic) bond motifs is 3. The number of carbonyl (C=O) groups is 4. The summed E-state index contributed by atoms with van der Waals surface area (Å²) in [7, 11) is 4.41. The van der Waals surface area contributed by atoms with Gasteiger partial charge in [0.05, 0.1) is 50.1 Å². The number of rotatable bonds is 13. The van der Waals surface area contributed by atoms with E-state index in [1.165, 1.54) is 14.2 Å². The van der Waals surface area contributed by atoms with Gasteiger partial charge in [-0.15, -0.1) is 0 Å². The number of imidazole rings is 1. The van der Waals surface area contributed by atoms with Gasteiger partial charge in [0.2, 0.25) is 11.8 Å². The molecule has 4 N–H and O–H groups in total. The maximum atomic E-state index is 13.2. The van der Waals surface area contributed by atoms with Crippen molar-refractivity contribution in [1.82, 2.24) is 30.4 Å². The molecule has 1 saturated heterocycles. The number of amides is 4. The molecule has 0 spiro atoms. The number of carbonyl (C=O) groups excluding carboxylic acids is 4. The van der Waals surface area contributed by atoms with Crippen LogP contribution in [0.2, 0.25) is 0 Å². The van der Waals surface area contributed by atoms with Crippen LogP contribution in [-0.4, -0.2) is 103 Å². The number of aromatic amines is 1. The number of hydrogen-bond acceptors (Lipinski definition) is 9. The van der Waals surface area contributed by atoms with Crippen molar-refractivity contribution in [1.29, 1.82) is 0 Å². The number of H-pyrrole nitrogens is 1. The highest BCUT2D eigenvalue weighted by Gasteiger charge is 2.49. The summed E-state index contributed by atoms with van der Waals surface area (Å²) in [6, 6.07) is 18.6. The Morgan fingerprint density at radius 2 is 1.64 bits per heavy atom. The van der Waals surface area contributed by atoms with Gasteiger partial charge < -0.3 is 40.2 Å². The first-order chi connectivity index (χ1) is 26.5. The number of hydrogen-bond donors (Lipinski definition) is 4. The molecular formula is C41H50N8O6. The van der Waals surface area contributed by atoms with Gasteiger partial charge in [0, 0.05) is 30.7 Å². The van der Waals surface area contributed by atoms with Gasteiger partial charge in [-0.05, 0) is 72.2 Å². The molecule has 2 fully saturated rings. The lowest BCUT2D eigenvalue weighted by Gasteiger charge is -2.34. The fourth-order valence-corrected chi connectivity index (χ4v) is 7.76. The van der Waals surface area contributed by atoms with Gasteiger partial charge >= 0.3 is 12.2 Å². The maximum Gasteiger partial charge on any atom is 0.407 e. The molecule has 14 heteroatoms. The second-order valence-electron chi connectivity index (χ2n) is 14.4. The van der Waals surface area contributed by atoms with E-state index in [9.17, 15) is 19.2 Å². The molecule has 4 aromatic rings. The molecule has 0 unspecified atom stereocenters. The average molecular weight is 751 g/mol. The van der Waals surface area contributed by atoms with E-state index < -0.39 is 12.2 Å². The summed E-state index contributed by atoms with van der Waals surface area (Å²) in [6.07, 6.45) is 5.22. The van der Waals surface area contributed by atoms with E-state index in [1.54, 1.807) is 11.1 Å². The third kappa shape index (κ3) is 8.43. The van der Waals surface area contributed by atoms with Gasteiger partial charge in [-0.25, -0.2) is 14.6 Å². The van der Waals surface area contributed by atoms with E-state index in [0.29, 0.717) is 5.92 Å². The quantitative estimate of drug-likeness (QED) is 0.116. The minimum Gasteiger partial charge on any atom is -0.453 e. The molecule has 2 heterocycles. The molecular weight excluding hydrogens is 701 g/mol. The minimum absolute atomic E-state index is 0.0672. The summed E-state index contributed by atoms with van der Waals surface area (Å²) < 4.78 is 9.25. The van der Waals surface area contributed by atoms with E-state index in [1.807, 2.05) is 51.0 Å². The number of nitrogens with zero attached hydrogens (tertiary/aromatic N) is 4. The zero-order chi connectivity index (χ0) is 39.2. The predicted octanol–water partition coefficient (Wildman–Crippen LogP) is 6.28. The summed E-state index contributed by atoms with van der Waals surface area (Å²) >= 11 is 0. The number of anilines is 1. The lowest BCUT2D eigenvalue weighted by atomic mass is 9.98. The average Bonchev–Trinajstić information content (AvgIpc) is 3.97. The lowest BCUT2D eigenvalue weighted by molar-refractivity contribution is -0.135. The Bertz CT molecular complexity index is 2060. The number of benzene rings is 3. The van der Waals surface area contributed by atoms with Crippen LogP contribution < -0.4 is 16.0 Å². The highest BCUT2D eigenvalue weighted by molar-refractivity contribution is 6.01. The van der Waals surface area contributed by atoms with E-state index in [2.05, 4.69) is 72.9 Å². The van der Waals surface area contributed by atoms with Crippen LogP contribution in [0.5, 0.6) is 0 Å². The van der Waals surface area contributed by atoms with Crippen LogP contribution in [0.3, 0.4) is 0 Å². The van der Waals surface area contributed by atoms with Gasteiger partial charge in [-0.2, -0.15) is 0 Å². The Hall–Kier alpha value is -5.92. The first kappa shape index (κ1) is 38.8. The minimum atomic E-state index is -0.652. The van der Waals surface area contributed by atoms with Crippen LogP contribution >= 0.6 is 0 Å². The third-order valence-electron chi connectivity index (χ3n) is 10.9. The number of aliphatic imine (C=N–C) groups is 1. The molecule has 1 aliphatic carbocycles. The van der Waals surface area contributed by atoms with Gasteiger partial charge in [0.1, 0.15) is 18.9 Å². The largest absolute Gasteiger partial charge is 0.453 e. The van der Waals surface area contributed by atoms with E-state index >= 15 is 0 Å². The smallest absolute Gasteiger partial charge is 0.407 e. The molecule has 1 aromatic heterocycles. The molecule has 3 aromatic carbocycles. The second kappa shape index (κ2) is 17.0.